The Labute approximate surface area is 177 Å². The summed E-state index contributed by atoms with van der Waals surface area (Å²) >= 11 is 7.28. The molecule has 0 radical (unpaired) electrons. The third-order valence-corrected chi connectivity index (χ3v) is 6.55. The van der Waals surface area contributed by atoms with Gasteiger partial charge in [-0.05, 0) is 17.7 Å². The van der Waals surface area contributed by atoms with Crippen LogP contribution in [0.5, 0.6) is 17.2 Å². The summed E-state index contributed by atoms with van der Waals surface area (Å²) in [5, 5.41) is 0. The number of anilines is 1. The monoisotopic (exact) mass is 428 g/mol. The predicted molar refractivity (Wildman–Crippen MR) is 114 cm³/mol. The van der Waals surface area contributed by atoms with Gasteiger partial charge in [0, 0.05) is 29.3 Å². The molecule has 0 saturated carbocycles. The minimum atomic E-state index is -0.916. The van der Waals surface area contributed by atoms with E-state index < -0.39 is 5.41 Å². The molecular weight excluding hydrogens is 412 g/mol. The number of carbonyl (C=O) groups is 1. The van der Waals surface area contributed by atoms with E-state index in [0.717, 1.165) is 21.7 Å². The number of amides is 1. The second-order valence-corrected chi connectivity index (χ2v) is 8.67. The first-order valence-corrected chi connectivity index (χ1v) is 10.2. The second-order valence-electron chi connectivity index (χ2n) is 6.92. The van der Waals surface area contributed by atoms with Crippen LogP contribution in [0.4, 0.5) is 5.69 Å². The van der Waals surface area contributed by atoms with Crippen LogP contribution in [0.2, 0.25) is 0 Å². The Kier molecular flexibility index (Phi) is 4.26. The van der Waals surface area contributed by atoms with E-state index in [1.165, 1.54) is 11.8 Å². The van der Waals surface area contributed by atoms with Gasteiger partial charge in [0.2, 0.25) is 12.7 Å². The van der Waals surface area contributed by atoms with Crippen molar-refractivity contribution in [3.8, 4) is 17.2 Å². The van der Waals surface area contributed by atoms with Crippen molar-refractivity contribution in [3.05, 3.63) is 59.0 Å². The Morgan fingerprint density at radius 3 is 2.76 bits per heavy atom. The first-order chi connectivity index (χ1) is 14.0. The van der Waals surface area contributed by atoms with Crippen molar-refractivity contribution in [3.63, 3.8) is 0 Å². The van der Waals surface area contributed by atoms with Crippen molar-refractivity contribution in [1.82, 2.24) is 0 Å². The van der Waals surface area contributed by atoms with Crippen LogP contribution in [0.25, 0.3) is 0 Å². The maximum atomic E-state index is 13.8. The van der Waals surface area contributed by atoms with Gasteiger partial charge < -0.3 is 19.1 Å². The molecule has 3 aliphatic rings. The standard InChI is InChI=1S/C21H17ClN2O4S/c1-12(29-20(22)23-2)9-24-15-6-4-3-5-13(15)21(19(24)25)10-26-16-8-18-17(7-14(16)21)27-11-28-18/h3-8H,1,9-11H2,2H3. The lowest BCUT2D eigenvalue weighted by Gasteiger charge is -2.23. The molecule has 5 rings (SSSR count). The number of nitrogens with zero attached hydrogens (tertiary/aromatic N) is 2. The molecule has 2 aromatic carbocycles. The SMILES string of the molecule is C=C(CN1C(=O)C2(COc3cc4c(cc32)OCO4)c2ccccc21)SC(Cl)=NC. The summed E-state index contributed by atoms with van der Waals surface area (Å²) in [6.45, 7) is 4.78. The van der Waals surface area contributed by atoms with Crippen LogP contribution in [0.3, 0.4) is 0 Å². The predicted octanol–water partition coefficient (Wildman–Crippen LogP) is 3.91. The molecule has 2 aromatic rings. The van der Waals surface area contributed by atoms with Gasteiger partial charge in [-0.25, -0.2) is 0 Å². The van der Waals surface area contributed by atoms with Crippen molar-refractivity contribution in [2.75, 3.05) is 31.9 Å². The van der Waals surface area contributed by atoms with Crippen molar-refractivity contribution in [2.24, 2.45) is 4.99 Å². The third-order valence-electron chi connectivity index (χ3n) is 5.38. The molecule has 0 N–H and O–H groups in total. The van der Waals surface area contributed by atoms with Gasteiger partial charge in [-0.2, -0.15) is 0 Å². The van der Waals surface area contributed by atoms with Gasteiger partial charge in [-0.15, -0.1) is 0 Å². The molecule has 1 spiro atoms. The van der Waals surface area contributed by atoms with E-state index in [9.17, 15) is 4.79 Å². The smallest absolute Gasteiger partial charge is 0.246 e. The summed E-state index contributed by atoms with van der Waals surface area (Å²) in [5.41, 5.74) is 1.64. The lowest BCUT2D eigenvalue weighted by molar-refractivity contribution is -0.122. The lowest BCUT2D eigenvalue weighted by atomic mass is 9.77. The summed E-state index contributed by atoms with van der Waals surface area (Å²) < 4.78 is 17.4. The molecule has 1 amide bonds. The van der Waals surface area contributed by atoms with Crippen LogP contribution in [0.1, 0.15) is 11.1 Å². The highest BCUT2D eigenvalue weighted by Gasteiger charge is 2.57. The molecule has 1 atom stereocenters. The fraction of sp³-hybridized carbons (Fsp3) is 0.238. The summed E-state index contributed by atoms with van der Waals surface area (Å²) in [7, 11) is 1.62. The Balaban J connectivity index is 1.59. The Bertz CT molecular complexity index is 1090. The molecule has 3 aliphatic heterocycles. The fourth-order valence-electron chi connectivity index (χ4n) is 4.10. The minimum Gasteiger partial charge on any atom is -0.491 e. The van der Waals surface area contributed by atoms with E-state index in [-0.39, 0.29) is 19.3 Å². The number of benzene rings is 2. The zero-order chi connectivity index (χ0) is 20.2. The van der Waals surface area contributed by atoms with E-state index in [1.54, 1.807) is 18.0 Å². The highest BCUT2D eigenvalue weighted by atomic mass is 35.5. The number of aliphatic imine (C=N–C) groups is 1. The van der Waals surface area contributed by atoms with Crippen molar-refractivity contribution in [1.29, 1.82) is 0 Å². The topological polar surface area (TPSA) is 60.4 Å². The third kappa shape index (κ3) is 2.64. The Morgan fingerprint density at radius 2 is 1.97 bits per heavy atom. The number of hydrogen-bond acceptors (Lipinski definition) is 6. The Morgan fingerprint density at radius 1 is 1.21 bits per heavy atom. The molecule has 0 fully saturated rings. The van der Waals surface area contributed by atoms with Gasteiger partial charge >= 0.3 is 0 Å². The number of fused-ring (bicyclic) bond motifs is 5. The van der Waals surface area contributed by atoms with Gasteiger partial charge in [0.1, 0.15) is 17.8 Å². The highest BCUT2D eigenvalue weighted by Crippen LogP contribution is 2.55. The first-order valence-electron chi connectivity index (χ1n) is 9.01. The zero-order valence-electron chi connectivity index (χ0n) is 15.6. The average Bonchev–Trinajstić information content (AvgIpc) is 3.39. The highest BCUT2D eigenvalue weighted by molar-refractivity contribution is 8.19. The molecule has 0 aromatic heterocycles. The average molecular weight is 429 g/mol. The normalized spacial score (nSPS) is 21.4. The molecule has 148 valence electrons. The van der Waals surface area contributed by atoms with Gasteiger partial charge in [0.05, 0.1) is 6.54 Å². The van der Waals surface area contributed by atoms with Crippen molar-refractivity contribution < 1.29 is 19.0 Å². The fourth-order valence-corrected chi connectivity index (χ4v) is 4.95. The molecular formula is C21H17ClN2O4S. The van der Waals surface area contributed by atoms with E-state index in [1.807, 2.05) is 30.3 Å². The van der Waals surface area contributed by atoms with Gasteiger partial charge in [-0.1, -0.05) is 48.1 Å². The number of para-hydroxylation sites is 1. The van der Waals surface area contributed by atoms with Crippen LogP contribution in [-0.4, -0.2) is 37.4 Å². The molecule has 29 heavy (non-hydrogen) atoms. The molecule has 8 heteroatoms. The Hall–Kier alpha value is -2.64. The molecule has 0 saturated heterocycles. The van der Waals surface area contributed by atoms with Crippen LogP contribution in [0, 0.1) is 0 Å². The minimum absolute atomic E-state index is 0.0531. The largest absolute Gasteiger partial charge is 0.491 e. The van der Waals surface area contributed by atoms with Gasteiger partial charge in [-0.3, -0.25) is 9.79 Å². The number of thioether (sulfide) groups is 1. The van der Waals surface area contributed by atoms with E-state index in [2.05, 4.69) is 11.6 Å². The van der Waals surface area contributed by atoms with Crippen molar-refractivity contribution >= 4 is 39.5 Å². The van der Waals surface area contributed by atoms with Crippen LogP contribution in [0.15, 0.2) is 52.9 Å². The van der Waals surface area contributed by atoms with Crippen LogP contribution in [-0.2, 0) is 10.2 Å². The summed E-state index contributed by atoms with van der Waals surface area (Å²) in [6, 6.07) is 11.5. The number of halogens is 1. The molecule has 1 unspecified atom stereocenters. The molecule has 0 aliphatic carbocycles. The summed E-state index contributed by atoms with van der Waals surface area (Å²) in [6.07, 6.45) is 0. The maximum Gasteiger partial charge on any atom is 0.246 e. The summed E-state index contributed by atoms with van der Waals surface area (Å²) in [5.74, 6) is 1.86. The number of ether oxygens (including phenoxy) is 3. The zero-order valence-corrected chi connectivity index (χ0v) is 17.2. The molecule has 0 bridgehead atoms. The first kappa shape index (κ1) is 18.4. The quantitative estimate of drug-likeness (QED) is 0.548. The van der Waals surface area contributed by atoms with Crippen molar-refractivity contribution in [2.45, 2.75) is 5.41 Å². The van der Waals surface area contributed by atoms with E-state index in [0.29, 0.717) is 28.3 Å². The molecule has 3 heterocycles. The van der Waals surface area contributed by atoms with Crippen LogP contribution < -0.4 is 19.1 Å². The number of carbonyl (C=O) groups excluding carboxylic acids is 1. The van der Waals surface area contributed by atoms with E-state index in [4.69, 9.17) is 25.8 Å². The molecule has 6 nitrogen and oxygen atoms in total. The maximum absolute atomic E-state index is 13.8. The summed E-state index contributed by atoms with van der Waals surface area (Å²) in [4.78, 5) is 20.2. The number of hydrogen-bond donors (Lipinski definition) is 0. The number of rotatable bonds is 3. The van der Waals surface area contributed by atoms with Gasteiger partial charge in [0.25, 0.3) is 0 Å². The van der Waals surface area contributed by atoms with Crippen LogP contribution >= 0.6 is 23.4 Å². The van der Waals surface area contributed by atoms with E-state index >= 15 is 0 Å². The van der Waals surface area contributed by atoms with Gasteiger partial charge in [0.15, 0.2) is 16.0 Å². The second kappa shape index (κ2) is 6.71. The lowest BCUT2D eigenvalue weighted by Crippen LogP contribution is -2.43.